The largest absolute Gasteiger partial charge is 0.325 e. The van der Waals surface area contributed by atoms with Crippen LogP contribution < -0.4 is 10.6 Å². The van der Waals surface area contributed by atoms with Crippen LogP contribution in [0.25, 0.3) is 5.69 Å². The summed E-state index contributed by atoms with van der Waals surface area (Å²) in [6.45, 7) is 3.61. The minimum absolute atomic E-state index is 0.311. The second-order valence-electron chi connectivity index (χ2n) is 8.20. The Labute approximate surface area is 179 Å². The van der Waals surface area contributed by atoms with E-state index >= 15 is 0 Å². The molecule has 0 bridgehead atoms. The minimum atomic E-state index is -0.858. The molecular formula is C21H24ClN5O3. The number of amides is 4. The van der Waals surface area contributed by atoms with Crippen LogP contribution in [-0.2, 0) is 9.59 Å². The van der Waals surface area contributed by atoms with Crippen LogP contribution in [0.3, 0.4) is 0 Å². The van der Waals surface area contributed by atoms with Gasteiger partial charge >= 0.3 is 6.03 Å². The van der Waals surface area contributed by atoms with Gasteiger partial charge in [-0.15, -0.1) is 0 Å². The summed E-state index contributed by atoms with van der Waals surface area (Å²) in [6, 6.07) is 8.30. The van der Waals surface area contributed by atoms with Gasteiger partial charge in [0.15, 0.2) is 0 Å². The van der Waals surface area contributed by atoms with Gasteiger partial charge in [-0.25, -0.2) is 9.48 Å². The summed E-state index contributed by atoms with van der Waals surface area (Å²) < 4.78 is 1.56. The maximum atomic E-state index is 12.9. The van der Waals surface area contributed by atoms with Crippen molar-refractivity contribution in [2.45, 2.75) is 45.1 Å². The van der Waals surface area contributed by atoms with Crippen molar-refractivity contribution in [2.75, 3.05) is 11.9 Å². The zero-order chi connectivity index (χ0) is 21.5. The molecule has 1 aromatic carbocycles. The van der Waals surface area contributed by atoms with Crippen molar-refractivity contribution in [3.8, 4) is 5.69 Å². The van der Waals surface area contributed by atoms with E-state index in [0.29, 0.717) is 41.0 Å². The summed E-state index contributed by atoms with van der Waals surface area (Å²) in [5, 5.41) is 10.5. The summed E-state index contributed by atoms with van der Waals surface area (Å²) in [5.41, 5.74) is 0.537. The Kier molecular flexibility index (Phi) is 5.27. The molecule has 2 heterocycles. The first kappa shape index (κ1) is 20.4. The smallest absolute Gasteiger partial charge is 0.323 e. The van der Waals surface area contributed by atoms with E-state index in [0.717, 1.165) is 17.7 Å². The van der Waals surface area contributed by atoms with Crippen LogP contribution in [0.5, 0.6) is 0 Å². The number of halogens is 1. The van der Waals surface area contributed by atoms with Gasteiger partial charge in [-0.2, -0.15) is 5.10 Å². The highest BCUT2D eigenvalue weighted by Crippen LogP contribution is 2.36. The number of urea groups is 1. The van der Waals surface area contributed by atoms with Crippen molar-refractivity contribution in [2.24, 2.45) is 5.92 Å². The fourth-order valence-corrected chi connectivity index (χ4v) is 4.32. The number of benzene rings is 1. The third-order valence-corrected chi connectivity index (χ3v) is 6.06. The highest BCUT2D eigenvalue weighted by Gasteiger charge is 2.52. The van der Waals surface area contributed by atoms with Crippen molar-refractivity contribution in [3.05, 3.63) is 41.0 Å². The van der Waals surface area contributed by atoms with Gasteiger partial charge in [0.25, 0.3) is 5.91 Å². The van der Waals surface area contributed by atoms with Gasteiger partial charge in [-0.1, -0.05) is 24.6 Å². The van der Waals surface area contributed by atoms with Crippen LogP contribution in [0, 0.1) is 12.8 Å². The lowest BCUT2D eigenvalue weighted by atomic mass is 9.77. The Morgan fingerprint density at radius 3 is 2.73 bits per heavy atom. The van der Waals surface area contributed by atoms with Gasteiger partial charge in [0, 0.05) is 11.1 Å². The van der Waals surface area contributed by atoms with Gasteiger partial charge in [-0.05, 0) is 56.7 Å². The molecule has 2 aromatic rings. The number of anilines is 1. The van der Waals surface area contributed by atoms with Crippen LogP contribution in [0.15, 0.2) is 30.3 Å². The molecule has 2 fully saturated rings. The van der Waals surface area contributed by atoms with E-state index in [2.05, 4.69) is 22.7 Å². The number of hydrogen-bond donors (Lipinski definition) is 2. The van der Waals surface area contributed by atoms with Gasteiger partial charge in [0.05, 0.1) is 11.4 Å². The SMILES string of the molecule is Cc1cc(NC(=O)CN2C(=O)NC3(CCC(C)CC3)C2=O)n(-c2cccc(Cl)c2)n1. The van der Waals surface area contributed by atoms with Crippen molar-refractivity contribution in [1.29, 1.82) is 0 Å². The molecule has 2 aliphatic rings. The number of carbonyl (C=O) groups excluding carboxylic acids is 3. The predicted octanol–water partition coefficient (Wildman–Crippen LogP) is 3.27. The van der Waals surface area contributed by atoms with E-state index in [-0.39, 0.29) is 12.5 Å². The molecule has 1 saturated heterocycles. The molecule has 1 spiro atoms. The number of carbonyl (C=O) groups is 3. The molecule has 158 valence electrons. The minimum Gasteiger partial charge on any atom is -0.323 e. The Hall–Kier alpha value is -2.87. The van der Waals surface area contributed by atoms with Crippen LogP contribution in [0.4, 0.5) is 10.6 Å². The summed E-state index contributed by atoms with van der Waals surface area (Å²) in [6.07, 6.45) is 2.98. The molecule has 1 saturated carbocycles. The normalized spacial score (nSPS) is 23.7. The number of hydrogen-bond acceptors (Lipinski definition) is 4. The predicted molar refractivity (Wildman–Crippen MR) is 113 cm³/mol. The number of aromatic nitrogens is 2. The molecule has 1 aliphatic carbocycles. The van der Waals surface area contributed by atoms with Crippen LogP contribution in [-0.4, -0.2) is 44.6 Å². The zero-order valence-electron chi connectivity index (χ0n) is 16.9. The zero-order valence-corrected chi connectivity index (χ0v) is 17.7. The van der Waals surface area contributed by atoms with E-state index in [4.69, 9.17) is 11.6 Å². The second kappa shape index (κ2) is 7.75. The molecule has 1 aromatic heterocycles. The third kappa shape index (κ3) is 3.79. The van der Waals surface area contributed by atoms with Gasteiger partial charge in [0.2, 0.25) is 5.91 Å². The van der Waals surface area contributed by atoms with Crippen molar-refractivity contribution < 1.29 is 14.4 Å². The topological polar surface area (TPSA) is 96.3 Å². The van der Waals surface area contributed by atoms with E-state index in [9.17, 15) is 14.4 Å². The fraction of sp³-hybridized carbons (Fsp3) is 0.429. The summed E-state index contributed by atoms with van der Waals surface area (Å²) in [7, 11) is 0. The van der Waals surface area contributed by atoms with Crippen molar-refractivity contribution in [3.63, 3.8) is 0 Å². The third-order valence-electron chi connectivity index (χ3n) is 5.83. The maximum Gasteiger partial charge on any atom is 0.325 e. The van der Waals surface area contributed by atoms with Crippen LogP contribution in [0.2, 0.25) is 5.02 Å². The highest BCUT2D eigenvalue weighted by molar-refractivity contribution is 6.30. The van der Waals surface area contributed by atoms with E-state index < -0.39 is 17.5 Å². The monoisotopic (exact) mass is 429 g/mol. The summed E-state index contributed by atoms with van der Waals surface area (Å²) in [5.74, 6) is 0.192. The average molecular weight is 430 g/mol. The lowest BCUT2D eigenvalue weighted by Gasteiger charge is -2.33. The molecule has 0 unspecified atom stereocenters. The summed E-state index contributed by atoms with van der Waals surface area (Å²) >= 11 is 6.07. The van der Waals surface area contributed by atoms with Crippen LogP contribution >= 0.6 is 11.6 Å². The quantitative estimate of drug-likeness (QED) is 0.729. The Morgan fingerprint density at radius 1 is 1.30 bits per heavy atom. The summed E-state index contributed by atoms with van der Waals surface area (Å²) in [4.78, 5) is 39.1. The lowest BCUT2D eigenvalue weighted by molar-refractivity contribution is -0.135. The number of imide groups is 1. The fourth-order valence-electron chi connectivity index (χ4n) is 4.13. The van der Waals surface area contributed by atoms with E-state index in [1.54, 1.807) is 28.9 Å². The first-order chi connectivity index (χ1) is 14.3. The van der Waals surface area contributed by atoms with Crippen molar-refractivity contribution >= 4 is 35.3 Å². The molecule has 0 radical (unpaired) electrons. The molecule has 4 rings (SSSR count). The number of rotatable bonds is 4. The van der Waals surface area contributed by atoms with E-state index in [1.165, 1.54) is 0 Å². The number of nitrogens with zero attached hydrogens (tertiary/aromatic N) is 3. The molecule has 2 N–H and O–H groups in total. The lowest BCUT2D eigenvalue weighted by Crippen LogP contribution is -2.49. The van der Waals surface area contributed by atoms with E-state index in [1.807, 2.05) is 13.0 Å². The Bertz CT molecular complexity index is 1010. The molecule has 8 nitrogen and oxygen atoms in total. The molecule has 0 atom stereocenters. The second-order valence-corrected chi connectivity index (χ2v) is 8.63. The average Bonchev–Trinajstić information content (AvgIpc) is 3.17. The molecular weight excluding hydrogens is 406 g/mol. The van der Waals surface area contributed by atoms with Gasteiger partial charge < -0.3 is 10.6 Å². The van der Waals surface area contributed by atoms with Crippen LogP contribution in [0.1, 0.15) is 38.3 Å². The number of aryl methyl sites for hydroxylation is 1. The van der Waals surface area contributed by atoms with Crippen molar-refractivity contribution in [1.82, 2.24) is 20.0 Å². The Balaban J connectivity index is 1.48. The maximum absolute atomic E-state index is 12.9. The molecule has 1 aliphatic heterocycles. The molecule has 4 amide bonds. The van der Waals surface area contributed by atoms with Gasteiger partial charge in [0.1, 0.15) is 17.9 Å². The number of nitrogens with one attached hydrogen (secondary N) is 2. The highest BCUT2D eigenvalue weighted by atomic mass is 35.5. The standard InChI is InChI=1S/C21H24ClN5O3/c1-13-6-8-21(9-7-13)19(29)26(20(30)24-21)12-18(28)23-17-10-14(2)25-27(17)16-5-3-4-15(22)11-16/h3-5,10-11,13H,6-9,12H2,1-2H3,(H,23,28)(H,24,30). The molecule has 30 heavy (non-hydrogen) atoms. The first-order valence-electron chi connectivity index (χ1n) is 10.0. The molecule has 9 heteroatoms. The Morgan fingerprint density at radius 2 is 2.03 bits per heavy atom. The van der Waals surface area contributed by atoms with Gasteiger partial charge in [-0.3, -0.25) is 14.5 Å². The first-order valence-corrected chi connectivity index (χ1v) is 10.4.